The molecule has 0 amide bonds. The Morgan fingerprint density at radius 1 is 1.14 bits per heavy atom. The molecule has 0 saturated carbocycles. The van der Waals surface area contributed by atoms with Crippen molar-refractivity contribution < 1.29 is 15.0 Å². The number of H-pyrrole nitrogens is 1. The fourth-order valence-electron chi connectivity index (χ4n) is 5.01. The number of aliphatic imine (C=N–C) groups is 1. The third-order valence-corrected chi connectivity index (χ3v) is 10.2. The summed E-state index contributed by atoms with van der Waals surface area (Å²) in [6, 6.07) is 9.23. The van der Waals surface area contributed by atoms with Gasteiger partial charge in [0.2, 0.25) is 0 Å². The molecule has 35 heavy (non-hydrogen) atoms. The van der Waals surface area contributed by atoms with Crippen molar-refractivity contribution in [2.75, 3.05) is 19.7 Å². The molecule has 8 nitrogen and oxygen atoms in total. The second kappa shape index (κ2) is 10.3. The second-order valence-electron chi connectivity index (χ2n) is 9.45. The number of aromatic amines is 1. The molecule has 1 atom stereocenters. The Morgan fingerprint density at radius 2 is 1.94 bits per heavy atom. The topological polar surface area (TPSA) is 111 Å². The minimum absolute atomic E-state index is 0.0323. The zero-order chi connectivity index (χ0) is 24.5. The van der Waals surface area contributed by atoms with E-state index in [0.29, 0.717) is 40.8 Å². The average Bonchev–Trinajstić information content (AvgIpc) is 3.49. The van der Waals surface area contributed by atoms with Crippen LogP contribution in [0.1, 0.15) is 56.2 Å². The molecule has 0 spiro atoms. The van der Waals surface area contributed by atoms with E-state index in [-0.39, 0.29) is 27.8 Å². The third-order valence-electron chi connectivity index (χ3n) is 6.99. The maximum absolute atomic E-state index is 13.2. The van der Waals surface area contributed by atoms with Gasteiger partial charge in [-0.1, -0.05) is 0 Å². The molecule has 1 saturated heterocycles. The number of carbonyl (C=O) groups is 1. The van der Waals surface area contributed by atoms with E-state index in [1.165, 1.54) is 12.8 Å². The molecule has 0 aliphatic carbocycles. The van der Waals surface area contributed by atoms with Crippen LogP contribution in [0.15, 0.2) is 40.1 Å². The molecule has 9 heteroatoms. The van der Waals surface area contributed by atoms with E-state index in [1.54, 1.807) is 16.8 Å². The molecule has 1 fully saturated rings. The molecule has 5 rings (SSSR count). The minimum atomic E-state index is -1.67. The fourth-order valence-corrected chi connectivity index (χ4v) is 7.90. The molecule has 3 N–H and O–H groups in total. The quantitative estimate of drug-likeness (QED) is 0.280. The van der Waals surface area contributed by atoms with Gasteiger partial charge in [-0.05, 0) is 0 Å². The number of unbranched alkanes of at least 4 members (excludes halogenated alkanes) is 1. The maximum atomic E-state index is 13.2. The average molecular weight is 581 g/mol. The van der Waals surface area contributed by atoms with Gasteiger partial charge in [-0.2, -0.15) is 0 Å². The van der Waals surface area contributed by atoms with E-state index in [2.05, 4.69) is 10.00 Å². The molecule has 2 aromatic carbocycles. The van der Waals surface area contributed by atoms with Crippen molar-refractivity contribution in [3.05, 3.63) is 51.8 Å². The Hall–Kier alpha value is -2.43. The van der Waals surface area contributed by atoms with Gasteiger partial charge in [0.15, 0.2) is 0 Å². The van der Waals surface area contributed by atoms with E-state index in [0.717, 1.165) is 35.1 Å². The number of aromatic nitrogens is 2. The van der Waals surface area contributed by atoms with Gasteiger partial charge in [0.25, 0.3) is 0 Å². The van der Waals surface area contributed by atoms with Gasteiger partial charge in [0.05, 0.1) is 0 Å². The molecular weight excluding hydrogens is 551 g/mol. The summed E-state index contributed by atoms with van der Waals surface area (Å²) in [4.78, 5) is 33.4. The zero-order valence-electron chi connectivity index (χ0n) is 19.9. The molecule has 1 aromatic heterocycles. The van der Waals surface area contributed by atoms with Crippen LogP contribution in [0.3, 0.4) is 0 Å². The monoisotopic (exact) mass is 582 g/mol. The Kier molecular flexibility index (Phi) is 7.13. The van der Waals surface area contributed by atoms with Crippen LogP contribution in [0, 0.1) is 0 Å². The van der Waals surface area contributed by atoms with Crippen LogP contribution < -0.4 is 9.14 Å². The number of nitrogens with one attached hydrogen (secondary N) is 1. The standard InChI is InChI=1S/C26H30N4O4.Sn/c1-18(8-2-5-15-31)30-26(34)21-11-7-10-20(24(21)28-30)23(17-32)27-22-12-6-9-19(25(22)33)16-29-13-3-4-14-29;/h6-7,9-11,18,28,31,33H,2-5,8,13-16H2,1H3;. The van der Waals surface area contributed by atoms with Crippen LogP contribution in [0.4, 0.5) is 5.69 Å². The number of aliphatic hydroxyl groups is 1. The zero-order valence-corrected chi connectivity index (χ0v) is 22.7. The SMILES string of the molecule is CC(CCCCO)n1[nH]c2c(C3=Nc4[c](ccc(CN5CCCC5)c4O)[Sn][C]3=O)cccc2c1=O. The Labute approximate surface area is 213 Å². The number of benzene rings is 2. The summed E-state index contributed by atoms with van der Waals surface area (Å²) in [5.41, 5.74) is 2.80. The molecule has 2 aliphatic heterocycles. The molecule has 1 unspecified atom stereocenters. The van der Waals surface area contributed by atoms with E-state index >= 15 is 0 Å². The van der Waals surface area contributed by atoms with Crippen LogP contribution in [0.2, 0.25) is 0 Å². The summed E-state index contributed by atoms with van der Waals surface area (Å²) in [7, 11) is 0. The van der Waals surface area contributed by atoms with Gasteiger partial charge in [0, 0.05) is 0 Å². The third kappa shape index (κ3) is 4.71. The summed E-state index contributed by atoms with van der Waals surface area (Å²) in [6.45, 7) is 4.86. The number of rotatable bonds is 8. The van der Waals surface area contributed by atoms with E-state index in [9.17, 15) is 14.7 Å². The van der Waals surface area contributed by atoms with E-state index in [4.69, 9.17) is 10.1 Å². The van der Waals surface area contributed by atoms with Gasteiger partial charge in [-0.15, -0.1) is 0 Å². The van der Waals surface area contributed by atoms with Crippen molar-refractivity contribution in [2.24, 2.45) is 4.99 Å². The van der Waals surface area contributed by atoms with Crippen molar-refractivity contribution in [3.8, 4) is 5.75 Å². The number of hydrogen-bond donors (Lipinski definition) is 3. The number of para-hydroxylation sites is 1. The van der Waals surface area contributed by atoms with Gasteiger partial charge in [0.1, 0.15) is 0 Å². The number of likely N-dealkylation sites (tertiary alicyclic amines) is 1. The molecule has 3 aromatic rings. The van der Waals surface area contributed by atoms with Crippen LogP contribution >= 0.6 is 0 Å². The first-order valence-electron chi connectivity index (χ1n) is 12.3. The summed E-state index contributed by atoms with van der Waals surface area (Å²) in [5.74, 6) is 0.177. The van der Waals surface area contributed by atoms with Crippen molar-refractivity contribution in [3.63, 3.8) is 0 Å². The first-order chi connectivity index (χ1) is 17.0. The van der Waals surface area contributed by atoms with Gasteiger partial charge < -0.3 is 0 Å². The molecule has 182 valence electrons. The number of hydrogen-bond acceptors (Lipinski definition) is 6. The van der Waals surface area contributed by atoms with Crippen molar-refractivity contribution in [2.45, 2.75) is 51.6 Å². The number of aliphatic hydroxyl groups excluding tert-OH is 1. The number of carbonyl (C=O) groups excluding carboxylic acids is 1. The van der Waals surface area contributed by atoms with Crippen LogP contribution in [-0.4, -0.2) is 75.2 Å². The summed E-state index contributed by atoms with van der Waals surface area (Å²) in [5, 5.41) is 23.9. The van der Waals surface area contributed by atoms with Crippen LogP contribution in [0.25, 0.3) is 10.9 Å². The van der Waals surface area contributed by atoms with Crippen molar-refractivity contribution >= 4 is 50.8 Å². The molecular formula is C26H30N4O4Sn. The first kappa shape index (κ1) is 24.3. The Morgan fingerprint density at radius 3 is 2.71 bits per heavy atom. The van der Waals surface area contributed by atoms with Gasteiger partial charge in [-0.25, -0.2) is 0 Å². The van der Waals surface area contributed by atoms with E-state index in [1.807, 2.05) is 25.1 Å². The van der Waals surface area contributed by atoms with Crippen molar-refractivity contribution in [1.82, 2.24) is 14.7 Å². The molecule has 2 radical (unpaired) electrons. The van der Waals surface area contributed by atoms with E-state index < -0.39 is 21.1 Å². The van der Waals surface area contributed by atoms with Crippen molar-refractivity contribution in [1.29, 1.82) is 0 Å². The van der Waals surface area contributed by atoms with Gasteiger partial charge >= 0.3 is 214 Å². The normalized spacial score (nSPS) is 17.1. The Balaban J connectivity index is 1.54. The van der Waals surface area contributed by atoms with Gasteiger partial charge in [-0.3, -0.25) is 0 Å². The first-order valence-corrected chi connectivity index (χ1v) is 15.1. The predicted molar refractivity (Wildman–Crippen MR) is 137 cm³/mol. The summed E-state index contributed by atoms with van der Waals surface area (Å²) in [6.07, 6.45) is 4.64. The second-order valence-corrected chi connectivity index (χ2v) is 13.0. The summed E-state index contributed by atoms with van der Waals surface area (Å²) >= 11 is -1.67. The number of nitrogens with zero attached hydrogens (tertiary/aromatic N) is 3. The number of phenols is 1. The van der Waals surface area contributed by atoms with Crippen LogP contribution in [0.5, 0.6) is 5.75 Å². The Bertz CT molecular complexity index is 1350. The predicted octanol–water partition coefficient (Wildman–Crippen LogP) is 2.35. The molecule has 0 bridgehead atoms. The van der Waals surface area contributed by atoms with Crippen LogP contribution in [-0.2, 0) is 11.3 Å². The number of fused-ring (bicyclic) bond motifs is 2. The summed E-state index contributed by atoms with van der Waals surface area (Å²) < 4.78 is 2.53. The number of phenolic OH excluding ortho intramolecular Hbond substituents is 1. The number of aromatic hydroxyl groups is 1. The fraction of sp³-hybridized carbons (Fsp3) is 0.423. The molecule has 2 aliphatic rings. The molecule has 3 heterocycles.